The van der Waals surface area contributed by atoms with E-state index in [-0.39, 0.29) is 11.2 Å². The molecule has 21 heavy (non-hydrogen) atoms. The van der Waals surface area contributed by atoms with Crippen molar-refractivity contribution in [1.82, 2.24) is 0 Å². The first-order chi connectivity index (χ1) is 10.2. The molecule has 1 aliphatic carbocycles. The Morgan fingerprint density at radius 3 is 2.48 bits per heavy atom. The second-order valence-electron chi connectivity index (χ2n) is 5.98. The fourth-order valence-corrected chi connectivity index (χ4v) is 3.01. The van der Waals surface area contributed by atoms with Crippen LogP contribution < -0.4 is 5.73 Å². The minimum Gasteiger partial charge on any atom is -0.399 e. The highest BCUT2D eigenvalue weighted by Gasteiger charge is 2.51. The van der Waals surface area contributed by atoms with Crippen molar-refractivity contribution >= 4 is 11.5 Å². The summed E-state index contributed by atoms with van der Waals surface area (Å²) in [6.07, 6.45) is 4.00. The zero-order valence-corrected chi connectivity index (χ0v) is 12.4. The Morgan fingerprint density at radius 2 is 1.86 bits per heavy atom. The number of Topliss-reactive ketones (excluding diaryl/α,β-unsaturated/α-hetero) is 1. The van der Waals surface area contributed by atoms with Crippen LogP contribution in [0.2, 0.25) is 0 Å². The summed E-state index contributed by atoms with van der Waals surface area (Å²) in [6.45, 7) is 2.16. The van der Waals surface area contributed by atoms with E-state index in [0.29, 0.717) is 0 Å². The molecule has 0 radical (unpaired) electrons. The van der Waals surface area contributed by atoms with Gasteiger partial charge >= 0.3 is 0 Å². The lowest BCUT2D eigenvalue weighted by atomic mass is 9.87. The molecule has 2 nitrogen and oxygen atoms in total. The van der Waals surface area contributed by atoms with Crippen molar-refractivity contribution in [3.63, 3.8) is 0 Å². The molecule has 0 bridgehead atoms. The summed E-state index contributed by atoms with van der Waals surface area (Å²) in [5.74, 6) is 0.255. The molecule has 1 fully saturated rings. The summed E-state index contributed by atoms with van der Waals surface area (Å²) in [5.41, 5.74) is 9.37. The lowest BCUT2D eigenvalue weighted by Crippen LogP contribution is -2.20. The molecule has 2 aromatic carbocycles. The van der Waals surface area contributed by atoms with Crippen LogP contribution in [-0.4, -0.2) is 5.78 Å². The number of nitrogen functional groups attached to an aromatic ring is 1. The summed E-state index contributed by atoms with van der Waals surface area (Å²) in [7, 11) is 0. The topological polar surface area (TPSA) is 43.1 Å². The highest BCUT2D eigenvalue weighted by molar-refractivity contribution is 6.06. The first-order valence-corrected chi connectivity index (χ1v) is 7.65. The van der Waals surface area contributed by atoms with E-state index < -0.39 is 0 Å². The maximum Gasteiger partial charge on any atom is 0.173 e. The number of benzene rings is 2. The molecule has 1 saturated carbocycles. The SMILES string of the molecule is CCCc1cccc(C(=O)C2(c3ccc(N)cc3)CC2)c1. The summed E-state index contributed by atoms with van der Waals surface area (Å²) in [5, 5.41) is 0. The molecule has 2 N–H and O–H groups in total. The van der Waals surface area contributed by atoms with Gasteiger partial charge in [0.05, 0.1) is 5.41 Å². The van der Waals surface area contributed by atoms with Crippen LogP contribution in [0.25, 0.3) is 0 Å². The smallest absolute Gasteiger partial charge is 0.173 e. The highest BCUT2D eigenvalue weighted by Crippen LogP contribution is 2.50. The van der Waals surface area contributed by atoms with Crippen LogP contribution in [-0.2, 0) is 11.8 Å². The van der Waals surface area contributed by atoms with Gasteiger partial charge in [0.15, 0.2) is 5.78 Å². The van der Waals surface area contributed by atoms with E-state index in [0.717, 1.165) is 42.5 Å². The average Bonchev–Trinajstić information content (AvgIpc) is 3.29. The molecule has 0 atom stereocenters. The second-order valence-corrected chi connectivity index (χ2v) is 5.98. The van der Waals surface area contributed by atoms with E-state index >= 15 is 0 Å². The molecule has 1 aliphatic rings. The van der Waals surface area contributed by atoms with E-state index in [1.807, 2.05) is 36.4 Å². The number of anilines is 1. The van der Waals surface area contributed by atoms with Gasteiger partial charge in [-0.05, 0) is 48.6 Å². The predicted molar refractivity (Wildman–Crippen MR) is 86.5 cm³/mol. The molecular formula is C19H21NO. The summed E-state index contributed by atoms with van der Waals surface area (Å²) in [4.78, 5) is 12.9. The zero-order valence-electron chi connectivity index (χ0n) is 12.4. The lowest BCUT2D eigenvalue weighted by molar-refractivity contribution is 0.0946. The van der Waals surface area contributed by atoms with Crippen LogP contribution in [0.3, 0.4) is 0 Å². The first-order valence-electron chi connectivity index (χ1n) is 7.65. The first kappa shape index (κ1) is 13.9. The van der Waals surface area contributed by atoms with Crippen LogP contribution >= 0.6 is 0 Å². The Balaban J connectivity index is 1.91. The maximum atomic E-state index is 12.9. The molecule has 0 heterocycles. The Bertz CT molecular complexity index is 654. The molecular weight excluding hydrogens is 258 g/mol. The molecule has 108 valence electrons. The summed E-state index contributed by atoms with van der Waals surface area (Å²) in [6, 6.07) is 15.9. The molecule has 2 aromatic rings. The Labute approximate surface area is 126 Å². The number of carbonyl (C=O) groups excluding carboxylic acids is 1. The number of rotatable bonds is 5. The number of aryl methyl sites for hydroxylation is 1. The van der Waals surface area contributed by atoms with E-state index in [1.54, 1.807) is 0 Å². The maximum absolute atomic E-state index is 12.9. The van der Waals surface area contributed by atoms with Crippen LogP contribution in [0.15, 0.2) is 48.5 Å². The fourth-order valence-electron chi connectivity index (χ4n) is 3.01. The van der Waals surface area contributed by atoms with Crippen molar-refractivity contribution in [1.29, 1.82) is 0 Å². The van der Waals surface area contributed by atoms with Crippen molar-refractivity contribution in [2.24, 2.45) is 0 Å². The van der Waals surface area contributed by atoms with Gasteiger partial charge in [0.25, 0.3) is 0 Å². The molecule has 2 heteroatoms. The average molecular weight is 279 g/mol. The molecule has 0 spiro atoms. The lowest BCUT2D eigenvalue weighted by Gasteiger charge is -2.15. The minimum atomic E-state index is -0.307. The van der Waals surface area contributed by atoms with Gasteiger partial charge in [-0.3, -0.25) is 4.79 Å². The van der Waals surface area contributed by atoms with E-state index in [1.165, 1.54) is 5.56 Å². The normalized spacial score (nSPS) is 15.7. The van der Waals surface area contributed by atoms with Gasteiger partial charge in [-0.15, -0.1) is 0 Å². The largest absolute Gasteiger partial charge is 0.399 e. The predicted octanol–water partition coefficient (Wildman–Crippen LogP) is 4.14. The van der Waals surface area contributed by atoms with Crippen molar-refractivity contribution in [2.45, 2.75) is 38.0 Å². The monoisotopic (exact) mass is 279 g/mol. The Kier molecular flexibility index (Phi) is 3.54. The molecule has 0 aliphatic heterocycles. The molecule has 0 unspecified atom stereocenters. The van der Waals surface area contributed by atoms with Crippen molar-refractivity contribution in [3.05, 3.63) is 65.2 Å². The molecule has 0 aromatic heterocycles. The minimum absolute atomic E-state index is 0.255. The number of nitrogens with two attached hydrogens (primary N) is 1. The number of hydrogen-bond acceptors (Lipinski definition) is 2. The van der Waals surface area contributed by atoms with Crippen LogP contribution in [0.5, 0.6) is 0 Å². The quantitative estimate of drug-likeness (QED) is 0.660. The number of hydrogen-bond donors (Lipinski definition) is 1. The van der Waals surface area contributed by atoms with Crippen molar-refractivity contribution < 1.29 is 4.79 Å². The number of carbonyl (C=O) groups is 1. The highest BCUT2D eigenvalue weighted by atomic mass is 16.1. The van der Waals surface area contributed by atoms with E-state index in [9.17, 15) is 4.79 Å². The third-order valence-corrected chi connectivity index (χ3v) is 4.38. The van der Waals surface area contributed by atoms with Crippen molar-refractivity contribution in [2.75, 3.05) is 5.73 Å². The second kappa shape index (κ2) is 5.36. The number of ketones is 1. The Morgan fingerprint density at radius 1 is 1.14 bits per heavy atom. The summed E-state index contributed by atoms with van der Waals surface area (Å²) >= 11 is 0. The van der Waals surface area contributed by atoms with Gasteiger partial charge in [0, 0.05) is 11.3 Å². The van der Waals surface area contributed by atoms with E-state index in [4.69, 9.17) is 5.73 Å². The Hall–Kier alpha value is -2.09. The van der Waals surface area contributed by atoms with Gasteiger partial charge in [-0.25, -0.2) is 0 Å². The van der Waals surface area contributed by atoms with Gasteiger partial charge in [-0.2, -0.15) is 0 Å². The van der Waals surface area contributed by atoms with Crippen LogP contribution in [0.4, 0.5) is 5.69 Å². The van der Waals surface area contributed by atoms with Gasteiger partial charge in [0.1, 0.15) is 0 Å². The van der Waals surface area contributed by atoms with Crippen LogP contribution in [0, 0.1) is 0 Å². The molecule has 0 amide bonds. The van der Waals surface area contributed by atoms with Crippen molar-refractivity contribution in [3.8, 4) is 0 Å². The van der Waals surface area contributed by atoms with E-state index in [2.05, 4.69) is 19.1 Å². The summed E-state index contributed by atoms with van der Waals surface area (Å²) < 4.78 is 0. The third kappa shape index (κ3) is 2.58. The van der Waals surface area contributed by atoms with Gasteiger partial charge in [-0.1, -0.05) is 43.7 Å². The molecule has 0 saturated heterocycles. The zero-order chi connectivity index (χ0) is 14.9. The fraction of sp³-hybridized carbons (Fsp3) is 0.316. The van der Waals surface area contributed by atoms with Crippen LogP contribution in [0.1, 0.15) is 47.7 Å². The standard InChI is InChI=1S/C19H21NO/c1-2-4-14-5-3-6-15(13-14)18(21)19(11-12-19)16-7-9-17(20)10-8-16/h3,5-10,13H,2,4,11-12,20H2,1H3. The molecule has 3 rings (SSSR count). The third-order valence-electron chi connectivity index (χ3n) is 4.38. The van der Waals surface area contributed by atoms with Gasteiger partial charge in [0.2, 0.25) is 0 Å². The van der Waals surface area contributed by atoms with Gasteiger partial charge < -0.3 is 5.73 Å².